The fourth-order valence-corrected chi connectivity index (χ4v) is 4.80. The normalized spacial score (nSPS) is 26.8. The summed E-state index contributed by atoms with van der Waals surface area (Å²) in [5.74, 6) is 0.713. The summed E-state index contributed by atoms with van der Waals surface area (Å²) in [5, 5.41) is 3.08. The molecule has 0 amide bonds. The number of rotatable bonds is 5. The molecule has 0 radical (unpaired) electrons. The molecule has 0 aromatic rings. The number of hydrogen-bond acceptors (Lipinski definition) is 5. The molecular weight excluding hydrogens is 250 g/mol. The predicted molar refractivity (Wildman–Crippen MR) is 63.9 cm³/mol. The van der Waals surface area contributed by atoms with Crippen LogP contribution in [0.15, 0.2) is 0 Å². The maximum atomic E-state index is 11.2. The minimum absolute atomic E-state index is 0.0898. The third kappa shape index (κ3) is 5.27. The lowest BCUT2D eigenvalue weighted by molar-refractivity contribution is 0.481. The third-order valence-corrected chi connectivity index (χ3v) is 5.58. The summed E-state index contributed by atoms with van der Waals surface area (Å²) >= 11 is 0. The Balaban J connectivity index is 2.31. The topological polar surface area (TPSA) is 80.3 Å². The molecule has 0 spiro atoms. The molecule has 0 aliphatic carbocycles. The number of hydrogen-bond donors (Lipinski definition) is 1. The van der Waals surface area contributed by atoms with Crippen LogP contribution < -0.4 is 5.32 Å². The first-order valence-electron chi connectivity index (χ1n) is 5.29. The number of nitrogens with one attached hydrogen (secondary N) is 1. The smallest absolute Gasteiger partial charge is 0.150 e. The maximum Gasteiger partial charge on any atom is 0.150 e. The highest BCUT2D eigenvalue weighted by Gasteiger charge is 2.27. The molecule has 0 aromatic heterocycles. The van der Waals surface area contributed by atoms with Crippen LogP contribution in [0.3, 0.4) is 0 Å². The van der Waals surface area contributed by atoms with Gasteiger partial charge in [0.25, 0.3) is 0 Å². The molecule has 0 bridgehead atoms. The standard InChI is InChI=1S/C9H19NO4S2/c1-8(6-15(2,11)12)10-5-9-3-4-16(13,14)7-9/h8-10H,3-7H2,1-2H3. The molecule has 96 valence electrons. The molecule has 1 heterocycles. The monoisotopic (exact) mass is 269 g/mol. The molecule has 1 rings (SSSR count). The summed E-state index contributed by atoms with van der Waals surface area (Å²) in [6, 6.07) is -0.127. The van der Waals surface area contributed by atoms with E-state index in [0.29, 0.717) is 13.0 Å². The highest BCUT2D eigenvalue weighted by molar-refractivity contribution is 7.91. The fraction of sp³-hybridized carbons (Fsp3) is 1.00. The van der Waals surface area contributed by atoms with Crippen molar-refractivity contribution in [2.75, 3.05) is 30.1 Å². The summed E-state index contributed by atoms with van der Waals surface area (Å²) < 4.78 is 44.4. The average Bonchev–Trinajstić information content (AvgIpc) is 2.39. The van der Waals surface area contributed by atoms with E-state index in [1.54, 1.807) is 6.92 Å². The van der Waals surface area contributed by atoms with Gasteiger partial charge in [-0.2, -0.15) is 0 Å². The molecule has 0 aromatic carbocycles. The second-order valence-corrected chi connectivity index (χ2v) is 9.08. The van der Waals surface area contributed by atoms with E-state index >= 15 is 0 Å². The van der Waals surface area contributed by atoms with Gasteiger partial charge in [0.15, 0.2) is 9.84 Å². The molecule has 5 nitrogen and oxygen atoms in total. The minimum Gasteiger partial charge on any atom is -0.313 e. The zero-order valence-electron chi connectivity index (χ0n) is 9.64. The molecule has 7 heteroatoms. The highest BCUT2D eigenvalue weighted by Crippen LogP contribution is 2.17. The largest absolute Gasteiger partial charge is 0.313 e. The van der Waals surface area contributed by atoms with Gasteiger partial charge in [0, 0.05) is 12.3 Å². The van der Waals surface area contributed by atoms with Crippen molar-refractivity contribution in [2.24, 2.45) is 5.92 Å². The summed E-state index contributed by atoms with van der Waals surface area (Å²) in [7, 11) is -5.81. The van der Waals surface area contributed by atoms with Crippen molar-refractivity contribution in [1.82, 2.24) is 5.32 Å². The Hall–Kier alpha value is -0.140. The second-order valence-electron chi connectivity index (χ2n) is 4.67. The SMILES string of the molecule is CC(CS(C)(=O)=O)NCC1CCS(=O)(=O)C1. The van der Waals surface area contributed by atoms with E-state index < -0.39 is 19.7 Å². The first-order chi connectivity index (χ1) is 7.18. The van der Waals surface area contributed by atoms with Crippen LogP contribution in [0, 0.1) is 5.92 Å². The Morgan fingerprint density at radius 2 is 2.06 bits per heavy atom. The van der Waals surface area contributed by atoms with Gasteiger partial charge in [0.1, 0.15) is 9.84 Å². The molecule has 1 fully saturated rings. The summed E-state index contributed by atoms with van der Waals surface area (Å²) in [6.45, 7) is 2.38. The Labute approximate surface area is 97.5 Å². The van der Waals surface area contributed by atoms with Gasteiger partial charge in [-0.15, -0.1) is 0 Å². The van der Waals surface area contributed by atoms with Gasteiger partial charge >= 0.3 is 0 Å². The van der Waals surface area contributed by atoms with Gasteiger partial charge in [-0.05, 0) is 25.8 Å². The molecule has 2 unspecified atom stereocenters. The van der Waals surface area contributed by atoms with E-state index in [9.17, 15) is 16.8 Å². The maximum absolute atomic E-state index is 11.2. The lowest BCUT2D eigenvalue weighted by Crippen LogP contribution is -2.36. The van der Waals surface area contributed by atoms with E-state index in [0.717, 1.165) is 0 Å². The van der Waals surface area contributed by atoms with Crippen molar-refractivity contribution in [3.8, 4) is 0 Å². The molecule has 0 saturated carbocycles. The van der Waals surface area contributed by atoms with Gasteiger partial charge in [-0.25, -0.2) is 16.8 Å². The van der Waals surface area contributed by atoms with Gasteiger partial charge in [0.05, 0.1) is 17.3 Å². The Morgan fingerprint density at radius 3 is 2.50 bits per heavy atom. The molecule has 1 N–H and O–H groups in total. The Kier molecular flexibility index (Phi) is 4.36. The van der Waals surface area contributed by atoms with Crippen molar-refractivity contribution >= 4 is 19.7 Å². The van der Waals surface area contributed by atoms with Crippen LogP contribution in [0.4, 0.5) is 0 Å². The van der Waals surface area contributed by atoms with Crippen LogP contribution in [-0.2, 0) is 19.7 Å². The van der Waals surface area contributed by atoms with Gasteiger partial charge in [0.2, 0.25) is 0 Å². The molecule has 1 aliphatic rings. The van der Waals surface area contributed by atoms with Crippen molar-refractivity contribution < 1.29 is 16.8 Å². The predicted octanol–water partition coefficient (Wildman–Crippen LogP) is -0.556. The third-order valence-electron chi connectivity index (χ3n) is 2.63. The number of sulfone groups is 2. The van der Waals surface area contributed by atoms with Crippen molar-refractivity contribution in [2.45, 2.75) is 19.4 Å². The lowest BCUT2D eigenvalue weighted by Gasteiger charge is -2.15. The lowest BCUT2D eigenvalue weighted by atomic mass is 10.1. The van der Waals surface area contributed by atoms with Gasteiger partial charge in [-0.1, -0.05) is 0 Å². The van der Waals surface area contributed by atoms with Crippen LogP contribution in [0.2, 0.25) is 0 Å². The van der Waals surface area contributed by atoms with Crippen molar-refractivity contribution in [1.29, 1.82) is 0 Å². The first kappa shape index (κ1) is 13.9. The van der Waals surface area contributed by atoms with E-state index in [1.807, 2.05) is 0 Å². The first-order valence-corrected chi connectivity index (χ1v) is 9.18. The van der Waals surface area contributed by atoms with Gasteiger partial charge in [-0.3, -0.25) is 0 Å². The average molecular weight is 269 g/mol. The summed E-state index contributed by atoms with van der Waals surface area (Å²) in [4.78, 5) is 0. The zero-order valence-corrected chi connectivity index (χ0v) is 11.3. The fourth-order valence-electron chi connectivity index (χ4n) is 1.91. The van der Waals surface area contributed by atoms with Crippen molar-refractivity contribution in [3.63, 3.8) is 0 Å². The molecule has 2 atom stereocenters. The summed E-state index contributed by atoms with van der Waals surface area (Å²) in [5.41, 5.74) is 0. The van der Waals surface area contributed by atoms with Crippen LogP contribution in [0.5, 0.6) is 0 Å². The minimum atomic E-state index is -2.97. The highest BCUT2D eigenvalue weighted by atomic mass is 32.2. The molecule has 1 saturated heterocycles. The second kappa shape index (κ2) is 5.01. The van der Waals surface area contributed by atoms with E-state index in [1.165, 1.54) is 6.26 Å². The Morgan fingerprint density at radius 1 is 1.44 bits per heavy atom. The van der Waals surface area contributed by atoms with E-state index in [4.69, 9.17) is 0 Å². The summed E-state index contributed by atoms with van der Waals surface area (Å²) in [6.07, 6.45) is 1.88. The van der Waals surface area contributed by atoms with E-state index in [-0.39, 0.29) is 29.2 Å². The molecular formula is C9H19NO4S2. The van der Waals surface area contributed by atoms with Gasteiger partial charge < -0.3 is 5.32 Å². The molecule has 1 aliphatic heterocycles. The zero-order chi connectivity index (χ0) is 12.4. The van der Waals surface area contributed by atoms with Crippen molar-refractivity contribution in [3.05, 3.63) is 0 Å². The van der Waals surface area contributed by atoms with Crippen LogP contribution in [-0.4, -0.2) is 52.9 Å². The van der Waals surface area contributed by atoms with Crippen LogP contribution in [0.25, 0.3) is 0 Å². The quantitative estimate of drug-likeness (QED) is 0.724. The van der Waals surface area contributed by atoms with Crippen LogP contribution >= 0.6 is 0 Å². The Bertz CT molecular complexity index is 426. The molecule has 16 heavy (non-hydrogen) atoms. The van der Waals surface area contributed by atoms with E-state index in [2.05, 4.69) is 5.32 Å². The van der Waals surface area contributed by atoms with Crippen LogP contribution in [0.1, 0.15) is 13.3 Å².